The molecule has 1 atom stereocenters. The summed E-state index contributed by atoms with van der Waals surface area (Å²) in [5.41, 5.74) is 0.150. The molecule has 1 aliphatic heterocycles. The Morgan fingerprint density at radius 1 is 1.25 bits per heavy atom. The molecule has 6 nitrogen and oxygen atoms in total. The number of nitrogens with zero attached hydrogens (tertiary/aromatic N) is 1. The Morgan fingerprint density at radius 3 is 2.82 bits per heavy atom. The number of nitrogens with one attached hydrogen (secondary N) is 1. The van der Waals surface area contributed by atoms with Gasteiger partial charge < -0.3 is 14.5 Å². The number of carbonyl (C=O) groups excluding carboxylic acids is 1. The molecule has 1 aliphatic rings. The molecular formula is C20H19BrN2O4S. The van der Waals surface area contributed by atoms with E-state index in [1.165, 1.54) is 10.9 Å². The van der Waals surface area contributed by atoms with E-state index in [-0.39, 0.29) is 17.2 Å². The van der Waals surface area contributed by atoms with Gasteiger partial charge in [0, 0.05) is 35.1 Å². The van der Waals surface area contributed by atoms with E-state index >= 15 is 0 Å². The molecule has 1 amide bonds. The number of ether oxygens (including phenoxy) is 1. The number of fused-ring (bicyclic) bond motifs is 1. The Labute approximate surface area is 174 Å². The van der Waals surface area contributed by atoms with Gasteiger partial charge in [0.2, 0.25) is 0 Å². The molecule has 3 heterocycles. The fourth-order valence-electron chi connectivity index (χ4n) is 3.30. The van der Waals surface area contributed by atoms with Gasteiger partial charge in [-0.15, -0.1) is 11.3 Å². The van der Waals surface area contributed by atoms with Crippen molar-refractivity contribution < 1.29 is 13.9 Å². The quantitative estimate of drug-likeness (QED) is 0.628. The van der Waals surface area contributed by atoms with Crippen LogP contribution in [-0.2, 0) is 4.74 Å². The third-order valence-corrected chi connectivity index (χ3v) is 6.20. The summed E-state index contributed by atoms with van der Waals surface area (Å²) in [6, 6.07) is 10.5. The van der Waals surface area contributed by atoms with Crippen molar-refractivity contribution in [2.45, 2.75) is 6.04 Å². The number of amides is 1. The first-order valence-electron chi connectivity index (χ1n) is 8.98. The minimum atomic E-state index is -0.395. The standard InChI is InChI=1S/C20H19BrN2O4S/c21-13-3-4-14-16(24)11-18(27-17(14)10-13)20(25)22-12-15(19-2-1-9-28-19)23-5-7-26-8-6-23/h1-4,9-11,15H,5-8,12H2,(H,22,25)/t15-/m1/s1. The van der Waals surface area contributed by atoms with Crippen molar-refractivity contribution >= 4 is 44.1 Å². The van der Waals surface area contributed by atoms with Crippen molar-refractivity contribution in [3.8, 4) is 0 Å². The molecule has 0 aliphatic carbocycles. The highest BCUT2D eigenvalue weighted by Gasteiger charge is 2.24. The number of halogens is 1. The molecule has 3 aromatic rings. The molecule has 0 bridgehead atoms. The molecule has 0 unspecified atom stereocenters. The Bertz CT molecular complexity index is 1030. The molecule has 0 radical (unpaired) electrons. The number of benzene rings is 1. The van der Waals surface area contributed by atoms with E-state index in [0.717, 1.165) is 17.6 Å². The molecule has 0 saturated carbocycles. The lowest BCUT2D eigenvalue weighted by molar-refractivity contribution is 0.0168. The lowest BCUT2D eigenvalue weighted by Crippen LogP contribution is -2.43. The second-order valence-electron chi connectivity index (χ2n) is 6.50. The third kappa shape index (κ3) is 4.20. The molecule has 2 aromatic heterocycles. The van der Waals surface area contributed by atoms with Crippen LogP contribution in [0.4, 0.5) is 0 Å². The highest BCUT2D eigenvalue weighted by atomic mass is 79.9. The van der Waals surface area contributed by atoms with Crippen molar-refractivity contribution in [2.75, 3.05) is 32.8 Å². The zero-order valence-electron chi connectivity index (χ0n) is 15.0. The van der Waals surface area contributed by atoms with Crippen molar-refractivity contribution in [3.05, 3.63) is 67.1 Å². The van der Waals surface area contributed by atoms with Gasteiger partial charge in [-0.2, -0.15) is 0 Å². The van der Waals surface area contributed by atoms with Gasteiger partial charge in [0.1, 0.15) is 5.58 Å². The number of morpholine rings is 1. The monoisotopic (exact) mass is 462 g/mol. The van der Waals surface area contributed by atoms with Crippen LogP contribution >= 0.6 is 27.3 Å². The average Bonchev–Trinajstić information content (AvgIpc) is 3.23. The van der Waals surface area contributed by atoms with E-state index in [4.69, 9.17) is 9.15 Å². The Morgan fingerprint density at radius 2 is 2.07 bits per heavy atom. The van der Waals surface area contributed by atoms with Gasteiger partial charge in [-0.1, -0.05) is 22.0 Å². The smallest absolute Gasteiger partial charge is 0.287 e. The zero-order valence-corrected chi connectivity index (χ0v) is 17.4. The first-order valence-corrected chi connectivity index (χ1v) is 10.7. The highest BCUT2D eigenvalue weighted by molar-refractivity contribution is 9.10. The maximum absolute atomic E-state index is 12.7. The number of hydrogen-bond acceptors (Lipinski definition) is 6. The molecule has 146 valence electrons. The van der Waals surface area contributed by atoms with Crippen LogP contribution in [0, 0.1) is 0 Å². The first-order chi connectivity index (χ1) is 13.6. The van der Waals surface area contributed by atoms with E-state index in [1.807, 2.05) is 11.4 Å². The number of rotatable bonds is 5. The number of thiophene rings is 1. The lowest BCUT2D eigenvalue weighted by atomic mass is 10.1. The van der Waals surface area contributed by atoms with Crippen LogP contribution in [-0.4, -0.2) is 43.7 Å². The summed E-state index contributed by atoms with van der Waals surface area (Å²) in [6.07, 6.45) is 0. The average molecular weight is 463 g/mol. The maximum atomic E-state index is 12.7. The van der Waals surface area contributed by atoms with Crippen LogP contribution in [0.25, 0.3) is 11.0 Å². The molecule has 1 fully saturated rings. The van der Waals surface area contributed by atoms with Crippen LogP contribution in [0.5, 0.6) is 0 Å². The Hall–Kier alpha value is -2.00. The molecule has 0 spiro atoms. The normalized spacial score (nSPS) is 16.2. The summed E-state index contributed by atoms with van der Waals surface area (Å²) in [5.74, 6) is -0.378. The summed E-state index contributed by atoms with van der Waals surface area (Å²) in [4.78, 5) is 28.5. The van der Waals surface area contributed by atoms with Crippen LogP contribution in [0.15, 0.2) is 55.5 Å². The van der Waals surface area contributed by atoms with Crippen LogP contribution in [0.2, 0.25) is 0 Å². The zero-order chi connectivity index (χ0) is 19.5. The van der Waals surface area contributed by atoms with Gasteiger partial charge in [-0.25, -0.2) is 0 Å². The van der Waals surface area contributed by atoms with Gasteiger partial charge in [0.15, 0.2) is 11.2 Å². The fourth-order valence-corrected chi connectivity index (χ4v) is 4.50. The lowest BCUT2D eigenvalue weighted by Gasteiger charge is -2.34. The predicted octanol–water partition coefficient (Wildman–Crippen LogP) is 3.42. The molecular weight excluding hydrogens is 444 g/mol. The molecule has 4 rings (SSSR count). The predicted molar refractivity (Wildman–Crippen MR) is 112 cm³/mol. The van der Waals surface area contributed by atoms with Gasteiger partial charge in [-0.05, 0) is 29.6 Å². The number of carbonyl (C=O) groups is 1. The van der Waals surface area contributed by atoms with Crippen molar-refractivity contribution in [1.29, 1.82) is 0 Å². The maximum Gasteiger partial charge on any atom is 0.287 e. The summed E-state index contributed by atoms with van der Waals surface area (Å²) in [6.45, 7) is 3.43. The van der Waals surface area contributed by atoms with Gasteiger partial charge >= 0.3 is 0 Å². The van der Waals surface area contributed by atoms with Crippen molar-refractivity contribution in [2.24, 2.45) is 0 Å². The van der Waals surface area contributed by atoms with Crippen molar-refractivity contribution in [1.82, 2.24) is 10.2 Å². The van der Waals surface area contributed by atoms with Gasteiger partial charge in [0.25, 0.3) is 5.91 Å². The second-order valence-corrected chi connectivity index (χ2v) is 8.40. The van der Waals surface area contributed by atoms with E-state index in [2.05, 4.69) is 32.2 Å². The summed E-state index contributed by atoms with van der Waals surface area (Å²) < 4.78 is 11.9. The fraction of sp³-hybridized carbons (Fsp3) is 0.300. The van der Waals surface area contributed by atoms with E-state index < -0.39 is 5.91 Å². The molecule has 1 N–H and O–H groups in total. The molecule has 1 saturated heterocycles. The summed E-state index contributed by atoms with van der Waals surface area (Å²) in [7, 11) is 0. The van der Waals surface area contributed by atoms with Crippen LogP contribution in [0.1, 0.15) is 21.5 Å². The third-order valence-electron chi connectivity index (χ3n) is 4.73. The van der Waals surface area contributed by atoms with E-state index in [1.54, 1.807) is 29.5 Å². The minimum Gasteiger partial charge on any atom is -0.451 e. The van der Waals surface area contributed by atoms with Crippen LogP contribution < -0.4 is 10.7 Å². The molecule has 28 heavy (non-hydrogen) atoms. The largest absolute Gasteiger partial charge is 0.451 e. The number of hydrogen-bond donors (Lipinski definition) is 1. The van der Waals surface area contributed by atoms with Crippen LogP contribution in [0.3, 0.4) is 0 Å². The van der Waals surface area contributed by atoms with Gasteiger partial charge in [0.05, 0.1) is 24.6 Å². The first kappa shape index (κ1) is 19.3. The van der Waals surface area contributed by atoms with Gasteiger partial charge in [-0.3, -0.25) is 14.5 Å². The minimum absolute atomic E-state index is 0.0162. The molecule has 1 aromatic carbocycles. The van der Waals surface area contributed by atoms with Crippen molar-refractivity contribution in [3.63, 3.8) is 0 Å². The van der Waals surface area contributed by atoms with E-state index in [0.29, 0.717) is 30.7 Å². The summed E-state index contributed by atoms with van der Waals surface area (Å²) in [5, 5.41) is 5.41. The molecule has 8 heteroatoms. The SMILES string of the molecule is O=C(NC[C@H](c1cccs1)N1CCOCC1)c1cc(=O)c2ccc(Br)cc2o1. The topological polar surface area (TPSA) is 71.8 Å². The highest BCUT2D eigenvalue weighted by Crippen LogP contribution is 2.25. The second kappa shape index (κ2) is 8.57. The Kier molecular flexibility index (Phi) is 5.91. The Balaban J connectivity index is 1.53. The van der Waals surface area contributed by atoms with E-state index in [9.17, 15) is 9.59 Å². The summed E-state index contributed by atoms with van der Waals surface area (Å²) >= 11 is 5.02.